The van der Waals surface area contributed by atoms with Crippen LogP contribution in [0.3, 0.4) is 0 Å². The number of hydrogen-bond acceptors (Lipinski definition) is 6. The van der Waals surface area contributed by atoms with Crippen molar-refractivity contribution < 1.29 is 8.78 Å². The fourth-order valence-corrected chi connectivity index (χ4v) is 4.58. The van der Waals surface area contributed by atoms with Gasteiger partial charge in [0.05, 0.1) is 16.1 Å². The summed E-state index contributed by atoms with van der Waals surface area (Å²) < 4.78 is 26.5. The minimum absolute atomic E-state index is 0.0744. The zero-order chi connectivity index (χ0) is 30.0. The standard InChI is InChI=1S/C17H16FN3.C16H13ClFN3/c1-10-7-14-16(8-11(10)2)19-9-20-17(14)21-13-4-5-15(18)12(3)6-13;1-9-5-12-15(6-10(9)2)19-8-20-16(12)21-11-3-4-14(18)13(17)7-11/h4-9H,1-3H3,(H,19,20,21);3-8H,1-2H3,(H,19,20,21). The van der Waals surface area contributed by atoms with Crippen molar-refractivity contribution in [1.82, 2.24) is 19.9 Å². The summed E-state index contributed by atoms with van der Waals surface area (Å²) in [6.07, 6.45) is 3.04. The third-order valence-electron chi connectivity index (χ3n) is 7.10. The third-order valence-corrected chi connectivity index (χ3v) is 7.39. The number of hydrogen-bond donors (Lipinski definition) is 2. The highest BCUT2D eigenvalue weighted by Crippen LogP contribution is 2.28. The number of aromatic nitrogens is 4. The van der Waals surface area contributed by atoms with Crippen molar-refractivity contribution in [3.63, 3.8) is 0 Å². The molecule has 6 aromatic rings. The van der Waals surface area contributed by atoms with E-state index in [0.29, 0.717) is 17.1 Å². The van der Waals surface area contributed by atoms with E-state index in [-0.39, 0.29) is 10.8 Å². The number of aryl methyl sites for hydroxylation is 5. The van der Waals surface area contributed by atoms with Crippen LogP contribution in [0.15, 0.2) is 73.3 Å². The predicted molar refractivity (Wildman–Crippen MR) is 167 cm³/mol. The molecule has 0 bridgehead atoms. The van der Waals surface area contributed by atoms with Crippen LogP contribution in [0.1, 0.15) is 27.8 Å². The summed E-state index contributed by atoms with van der Waals surface area (Å²) in [5, 5.41) is 8.36. The zero-order valence-corrected chi connectivity index (χ0v) is 24.6. The molecule has 0 aliphatic heterocycles. The molecule has 0 atom stereocenters. The van der Waals surface area contributed by atoms with E-state index in [1.54, 1.807) is 25.1 Å². The molecular weight excluding hydrogens is 554 g/mol. The van der Waals surface area contributed by atoms with Gasteiger partial charge in [-0.1, -0.05) is 11.6 Å². The van der Waals surface area contributed by atoms with Gasteiger partial charge >= 0.3 is 0 Å². The minimum Gasteiger partial charge on any atom is -0.340 e. The Kier molecular flexibility index (Phi) is 8.27. The summed E-state index contributed by atoms with van der Waals surface area (Å²) in [5.74, 6) is 0.751. The molecule has 0 spiro atoms. The fourth-order valence-electron chi connectivity index (χ4n) is 4.40. The van der Waals surface area contributed by atoms with Crippen molar-refractivity contribution in [3.05, 3.63) is 118 Å². The predicted octanol–water partition coefficient (Wildman–Crippen LogP) is 9.22. The molecule has 42 heavy (non-hydrogen) atoms. The molecule has 0 aliphatic rings. The second-order valence-corrected chi connectivity index (χ2v) is 10.6. The summed E-state index contributed by atoms with van der Waals surface area (Å²) in [7, 11) is 0. The number of halogens is 3. The van der Waals surface area contributed by atoms with E-state index in [0.717, 1.165) is 38.9 Å². The van der Waals surface area contributed by atoms with E-state index in [1.807, 2.05) is 32.0 Å². The first kappa shape index (κ1) is 28.8. The lowest BCUT2D eigenvalue weighted by Crippen LogP contribution is -1.98. The molecule has 2 heterocycles. The largest absolute Gasteiger partial charge is 0.340 e. The Morgan fingerprint density at radius 1 is 0.524 bits per heavy atom. The van der Waals surface area contributed by atoms with Crippen LogP contribution in [0.25, 0.3) is 21.8 Å². The molecule has 6 rings (SSSR count). The quantitative estimate of drug-likeness (QED) is 0.216. The summed E-state index contributed by atoms with van der Waals surface area (Å²) in [6.45, 7) is 9.96. The van der Waals surface area contributed by atoms with Crippen LogP contribution in [0.5, 0.6) is 0 Å². The molecule has 6 nitrogen and oxygen atoms in total. The summed E-state index contributed by atoms with van der Waals surface area (Å²) >= 11 is 5.80. The molecule has 9 heteroatoms. The number of benzene rings is 4. The number of nitrogens with zero attached hydrogens (tertiary/aromatic N) is 4. The Hall–Kier alpha value is -4.69. The van der Waals surface area contributed by atoms with Gasteiger partial charge in [0.15, 0.2) is 0 Å². The Morgan fingerprint density at radius 2 is 0.976 bits per heavy atom. The van der Waals surface area contributed by atoms with Crippen molar-refractivity contribution in [2.24, 2.45) is 0 Å². The molecule has 0 saturated carbocycles. The molecule has 0 fully saturated rings. The Balaban J connectivity index is 0.000000168. The zero-order valence-electron chi connectivity index (χ0n) is 23.9. The molecule has 0 unspecified atom stereocenters. The van der Waals surface area contributed by atoms with Crippen LogP contribution >= 0.6 is 11.6 Å². The molecular formula is C33H29ClF2N6. The van der Waals surface area contributed by atoms with Gasteiger partial charge in [-0.3, -0.25) is 0 Å². The van der Waals surface area contributed by atoms with E-state index in [9.17, 15) is 8.78 Å². The van der Waals surface area contributed by atoms with Gasteiger partial charge in [0.2, 0.25) is 0 Å². The SMILES string of the molecule is Cc1cc2ncnc(Nc3ccc(F)c(C)c3)c2cc1C.Cc1cc2ncnc(Nc3ccc(F)c(Cl)c3)c2cc1C. The smallest absolute Gasteiger partial charge is 0.141 e. The van der Waals surface area contributed by atoms with Crippen molar-refractivity contribution in [2.45, 2.75) is 34.6 Å². The first-order valence-corrected chi connectivity index (χ1v) is 13.7. The highest BCUT2D eigenvalue weighted by molar-refractivity contribution is 6.31. The fraction of sp³-hybridized carbons (Fsp3) is 0.152. The second-order valence-electron chi connectivity index (χ2n) is 10.2. The molecule has 4 aromatic carbocycles. The molecule has 0 radical (unpaired) electrons. The molecule has 0 saturated heterocycles. The highest BCUT2D eigenvalue weighted by Gasteiger charge is 2.09. The van der Waals surface area contributed by atoms with Crippen molar-refractivity contribution in [3.8, 4) is 0 Å². The molecule has 2 N–H and O–H groups in total. The normalized spacial score (nSPS) is 10.9. The lowest BCUT2D eigenvalue weighted by Gasteiger charge is -2.10. The van der Waals surface area contributed by atoms with Gasteiger partial charge in [0, 0.05) is 22.1 Å². The van der Waals surface area contributed by atoms with E-state index in [2.05, 4.69) is 50.5 Å². The van der Waals surface area contributed by atoms with Crippen molar-refractivity contribution in [2.75, 3.05) is 10.6 Å². The van der Waals surface area contributed by atoms with Crippen molar-refractivity contribution >= 4 is 56.4 Å². The van der Waals surface area contributed by atoms with E-state index in [4.69, 9.17) is 11.6 Å². The monoisotopic (exact) mass is 582 g/mol. The Morgan fingerprint density at radius 3 is 1.45 bits per heavy atom. The van der Waals surface area contributed by atoms with Gasteiger partial charge in [0.25, 0.3) is 0 Å². The van der Waals surface area contributed by atoms with Gasteiger partial charge in [-0.25, -0.2) is 28.7 Å². The van der Waals surface area contributed by atoms with E-state index < -0.39 is 5.82 Å². The summed E-state index contributed by atoms with van der Waals surface area (Å²) in [4.78, 5) is 17.2. The average molecular weight is 583 g/mol. The van der Waals surface area contributed by atoms with Crippen molar-refractivity contribution in [1.29, 1.82) is 0 Å². The highest BCUT2D eigenvalue weighted by atomic mass is 35.5. The number of anilines is 4. The van der Waals surface area contributed by atoms with Crippen LogP contribution in [0.4, 0.5) is 31.8 Å². The maximum atomic E-state index is 13.3. The molecule has 0 aliphatic carbocycles. The lowest BCUT2D eigenvalue weighted by molar-refractivity contribution is 0.619. The van der Waals surface area contributed by atoms with E-state index >= 15 is 0 Å². The van der Waals surface area contributed by atoms with Crippen LogP contribution in [-0.2, 0) is 0 Å². The van der Waals surface area contributed by atoms with E-state index in [1.165, 1.54) is 47.5 Å². The average Bonchev–Trinajstić information content (AvgIpc) is 2.95. The van der Waals surface area contributed by atoms with Crippen LogP contribution < -0.4 is 10.6 Å². The maximum absolute atomic E-state index is 13.3. The minimum atomic E-state index is -0.443. The van der Waals surface area contributed by atoms with Gasteiger partial charge in [-0.15, -0.1) is 0 Å². The second kappa shape index (κ2) is 12.0. The van der Waals surface area contributed by atoms with Crippen LogP contribution in [0.2, 0.25) is 5.02 Å². The first-order chi connectivity index (χ1) is 20.1. The maximum Gasteiger partial charge on any atom is 0.141 e. The summed E-state index contributed by atoms with van der Waals surface area (Å²) in [6, 6.07) is 17.6. The van der Waals surface area contributed by atoms with Crippen LogP contribution in [-0.4, -0.2) is 19.9 Å². The Labute approximate surface area is 247 Å². The Bertz CT molecular complexity index is 1800. The van der Waals surface area contributed by atoms with Gasteiger partial charge in [-0.2, -0.15) is 0 Å². The van der Waals surface area contributed by atoms with Gasteiger partial charge < -0.3 is 10.6 Å². The molecule has 0 amide bonds. The topological polar surface area (TPSA) is 75.6 Å². The molecule has 2 aromatic heterocycles. The number of fused-ring (bicyclic) bond motifs is 2. The third kappa shape index (κ3) is 6.29. The first-order valence-electron chi connectivity index (χ1n) is 13.3. The number of nitrogens with one attached hydrogen (secondary N) is 2. The molecule has 212 valence electrons. The lowest BCUT2D eigenvalue weighted by atomic mass is 10.1. The van der Waals surface area contributed by atoms with Gasteiger partial charge in [0.1, 0.15) is 35.9 Å². The van der Waals surface area contributed by atoms with Crippen LogP contribution in [0, 0.1) is 46.3 Å². The summed E-state index contributed by atoms with van der Waals surface area (Å²) in [5.41, 5.74) is 8.59. The number of rotatable bonds is 4. The van der Waals surface area contributed by atoms with Gasteiger partial charge in [-0.05, 0) is 123 Å².